The average Bonchev–Trinajstić information content (AvgIpc) is 1.65. The van der Waals surface area contributed by atoms with Gasteiger partial charge in [-0.15, -0.1) is 11.6 Å². The van der Waals surface area contributed by atoms with Crippen molar-refractivity contribution in [2.24, 2.45) is 0 Å². The molecule has 0 aliphatic heterocycles. The van der Waals surface area contributed by atoms with E-state index in [-0.39, 0.29) is 6.61 Å². The van der Waals surface area contributed by atoms with Crippen LogP contribution in [0.1, 0.15) is 0 Å². The van der Waals surface area contributed by atoms with Gasteiger partial charge >= 0.3 is 0 Å². The Labute approximate surface area is 42.2 Å². The Bertz CT molecular complexity index is 45.5. The van der Waals surface area contributed by atoms with E-state index in [0.29, 0.717) is 11.5 Å². The van der Waals surface area contributed by atoms with Gasteiger partial charge in [0.2, 0.25) is 0 Å². The minimum absolute atomic E-state index is 0.00347. The topological polar surface area (TPSA) is 20.2 Å². The molecule has 0 radical (unpaired) electrons. The van der Waals surface area contributed by atoms with Gasteiger partial charge < -0.3 is 5.11 Å². The summed E-state index contributed by atoms with van der Waals surface area (Å²) in [6.07, 6.45) is 0. The maximum atomic E-state index is 8.15. The van der Waals surface area contributed by atoms with E-state index in [1.807, 2.05) is 0 Å². The first-order valence-electron chi connectivity index (χ1n) is 1.64. The van der Waals surface area contributed by atoms with E-state index in [9.17, 15) is 0 Å². The van der Waals surface area contributed by atoms with E-state index in [1.165, 1.54) is 0 Å². The van der Waals surface area contributed by atoms with E-state index in [1.54, 1.807) is 0 Å². The zero-order valence-corrected chi connectivity index (χ0v) is 4.20. The highest BCUT2D eigenvalue weighted by molar-refractivity contribution is 6.19. The molecule has 6 heavy (non-hydrogen) atoms. The lowest BCUT2D eigenvalue weighted by atomic mass is 10.4. The standard InChI is InChI=1S/C4H7ClO/c1-4(2-5)3-6/h6H,1-3H2. The van der Waals surface area contributed by atoms with Crippen LogP contribution in [-0.4, -0.2) is 17.6 Å². The Morgan fingerprint density at radius 3 is 2.33 bits per heavy atom. The molecule has 0 saturated heterocycles. The fourth-order valence-electron chi connectivity index (χ4n) is 0.0423. The van der Waals surface area contributed by atoms with Gasteiger partial charge in [0.25, 0.3) is 0 Å². The molecule has 0 rings (SSSR count). The lowest BCUT2D eigenvalue weighted by Crippen LogP contribution is -1.86. The smallest absolute Gasteiger partial charge is 0.0650 e. The minimum Gasteiger partial charge on any atom is -0.392 e. The number of rotatable bonds is 2. The zero-order valence-electron chi connectivity index (χ0n) is 3.45. The third-order valence-corrected chi connectivity index (χ3v) is 0.791. The molecule has 0 amide bonds. The molecule has 2 heteroatoms. The molecule has 0 aromatic heterocycles. The summed E-state index contributed by atoms with van der Waals surface area (Å²) in [6.45, 7) is 3.41. The molecule has 36 valence electrons. The summed E-state index contributed by atoms with van der Waals surface area (Å²) in [5.41, 5.74) is 0.664. The van der Waals surface area contributed by atoms with Crippen molar-refractivity contribution in [1.82, 2.24) is 0 Å². The first-order chi connectivity index (χ1) is 2.81. The van der Waals surface area contributed by atoms with E-state index in [4.69, 9.17) is 16.7 Å². The van der Waals surface area contributed by atoms with Crippen LogP contribution in [-0.2, 0) is 0 Å². The molecule has 0 spiro atoms. The second-order valence-electron chi connectivity index (χ2n) is 1.04. The van der Waals surface area contributed by atoms with Crippen molar-refractivity contribution in [3.8, 4) is 0 Å². The molecule has 0 aromatic rings. The van der Waals surface area contributed by atoms with E-state index >= 15 is 0 Å². The van der Waals surface area contributed by atoms with E-state index in [2.05, 4.69) is 6.58 Å². The number of hydrogen-bond acceptors (Lipinski definition) is 1. The summed E-state index contributed by atoms with van der Waals surface area (Å²) in [7, 11) is 0. The monoisotopic (exact) mass is 106 g/mol. The SMILES string of the molecule is C=C(CO)CCl. The predicted octanol–water partition coefficient (Wildman–Crippen LogP) is 0.774. The Balaban J connectivity index is 2.99. The Morgan fingerprint density at radius 1 is 1.83 bits per heavy atom. The molecular weight excluding hydrogens is 99.5 g/mol. The summed E-state index contributed by atoms with van der Waals surface area (Å²) in [5, 5.41) is 8.15. The van der Waals surface area contributed by atoms with Crippen LogP contribution in [0, 0.1) is 0 Å². The van der Waals surface area contributed by atoms with Gasteiger partial charge in [0.05, 0.1) is 6.61 Å². The molecule has 0 atom stereocenters. The number of aliphatic hydroxyl groups excluding tert-OH is 1. The number of alkyl halides is 1. The molecule has 0 heterocycles. The van der Waals surface area contributed by atoms with Crippen molar-refractivity contribution < 1.29 is 5.11 Å². The van der Waals surface area contributed by atoms with Crippen LogP contribution >= 0.6 is 11.6 Å². The zero-order chi connectivity index (χ0) is 4.99. The fourth-order valence-corrected chi connectivity index (χ4v) is 0.127. The van der Waals surface area contributed by atoms with Crippen molar-refractivity contribution in [3.05, 3.63) is 12.2 Å². The summed E-state index contributed by atoms with van der Waals surface area (Å²) in [6, 6.07) is 0. The second-order valence-corrected chi connectivity index (χ2v) is 1.31. The van der Waals surface area contributed by atoms with Crippen LogP contribution in [0.3, 0.4) is 0 Å². The third-order valence-electron chi connectivity index (χ3n) is 0.413. The molecular formula is C4H7ClO. The van der Waals surface area contributed by atoms with Gasteiger partial charge in [-0.3, -0.25) is 0 Å². The summed E-state index contributed by atoms with van der Waals surface area (Å²) < 4.78 is 0. The first kappa shape index (κ1) is 5.99. The van der Waals surface area contributed by atoms with Crippen molar-refractivity contribution in [2.75, 3.05) is 12.5 Å². The molecule has 0 saturated carbocycles. The first-order valence-corrected chi connectivity index (χ1v) is 2.18. The highest BCUT2D eigenvalue weighted by Crippen LogP contribution is 1.88. The van der Waals surface area contributed by atoms with E-state index < -0.39 is 0 Å². The molecule has 0 aliphatic carbocycles. The lowest BCUT2D eigenvalue weighted by Gasteiger charge is -1.86. The number of hydrogen-bond donors (Lipinski definition) is 1. The van der Waals surface area contributed by atoms with Gasteiger partial charge in [-0.25, -0.2) is 0 Å². The van der Waals surface area contributed by atoms with Gasteiger partial charge in [-0.05, 0) is 5.57 Å². The predicted molar refractivity (Wildman–Crippen MR) is 26.9 cm³/mol. The van der Waals surface area contributed by atoms with Gasteiger partial charge in [0.1, 0.15) is 0 Å². The van der Waals surface area contributed by atoms with Gasteiger partial charge in [-0.2, -0.15) is 0 Å². The Hall–Kier alpha value is -0.0100. The summed E-state index contributed by atoms with van der Waals surface area (Å²) in [4.78, 5) is 0. The normalized spacial score (nSPS) is 8.33. The molecule has 0 unspecified atom stereocenters. The quantitative estimate of drug-likeness (QED) is 0.407. The number of aliphatic hydroxyl groups is 1. The molecule has 1 nitrogen and oxygen atoms in total. The fraction of sp³-hybridized carbons (Fsp3) is 0.500. The molecule has 1 N–H and O–H groups in total. The molecule has 0 aromatic carbocycles. The Morgan fingerprint density at radius 2 is 2.33 bits per heavy atom. The average molecular weight is 107 g/mol. The highest BCUT2D eigenvalue weighted by atomic mass is 35.5. The second kappa shape index (κ2) is 3.19. The number of halogens is 1. The van der Waals surface area contributed by atoms with Crippen molar-refractivity contribution in [1.29, 1.82) is 0 Å². The maximum absolute atomic E-state index is 8.15. The van der Waals surface area contributed by atoms with Gasteiger partial charge in [0, 0.05) is 5.88 Å². The third kappa shape index (κ3) is 2.24. The molecule has 0 bridgehead atoms. The van der Waals surface area contributed by atoms with Crippen LogP contribution in [0.15, 0.2) is 12.2 Å². The molecule has 0 aliphatic rings. The van der Waals surface area contributed by atoms with Gasteiger partial charge in [0.15, 0.2) is 0 Å². The van der Waals surface area contributed by atoms with Crippen LogP contribution in [0.25, 0.3) is 0 Å². The summed E-state index contributed by atoms with van der Waals surface area (Å²) in [5.74, 6) is 0.358. The van der Waals surface area contributed by atoms with Crippen LogP contribution in [0.4, 0.5) is 0 Å². The largest absolute Gasteiger partial charge is 0.392 e. The maximum Gasteiger partial charge on any atom is 0.0650 e. The van der Waals surface area contributed by atoms with Crippen LogP contribution in [0.5, 0.6) is 0 Å². The highest BCUT2D eigenvalue weighted by Gasteiger charge is 1.81. The van der Waals surface area contributed by atoms with Crippen LogP contribution < -0.4 is 0 Å². The van der Waals surface area contributed by atoms with E-state index in [0.717, 1.165) is 0 Å². The van der Waals surface area contributed by atoms with Crippen molar-refractivity contribution in [2.45, 2.75) is 0 Å². The van der Waals surface area contributed by atoms with Crippen molar-refractivity contribution >= 4 is 11.6 Å². The minimum atomic E-state index is 0.00347. The Kier molecular flexibility index (Phi) is 3.19. The van der Waals surface area contributed by atoms with Crippen LogP contribution in [0.2, 0.25) is 0 Å². The lowest BCUT2D eigenvalue weighted by molar-refractivity contribution is 0.332. The summed E-state index contributed by atoms with van der Waals surface area (Å²) >= 11 is 5.19. The van der Waals surface area contributed by atoms with Crippen molar-refractivity contribution in [3.63, 3.8) is 0 Å². The molecule has 0 fully saturated rings. The van der Waals surface area contributed by atoms with Gasteiger partial charge in [-0.1, -0.05) is 6.58 Å².